The van der Waals surface area contributed by atoms with Gasteiger partial charge in [0.1, 0.15) is 0 Å². The van der Waals surface area contributed by atoms with E-state index in [4.69, 9.17) is 0 Å². The molecule has 1 aliphatic rings. The van der Waals surface area contributed by atoms with Crippen LogP contribution in [-0.2, 0) is 0 Å². The zero-order valence-electron chi connectivity index (χ0n) is 14.3. The number of nitrogens with one attached hydrogen (secondary N) is 1. The molecule has 2 aromatic rings. The number of nitrogens with zero attached hydrogens (tertiary/aromatic N) is 3. The summed E-state index contributed by atoms with van der Waals surface area (Å²) in [4.78, 5) is 31.5. The minimum atomic E-state index is -0.246. The maximum absolute atomic E-state index is 12.9. The summed E-state index contributed by atoms with van der Waals surface area (Å²) in [6, 6.07) is 5.53. The minimum absolute atomic E-state index is 0.0832. The van der Waals surface area contributed by atoms with Crippen molar-refractivity contribution in [3.63, 3.8) is 0 Å². The van der Waals surface area contributed by atoms with Gasteiger partial charge in [0.15, 0.2) is 5.69 Å². The Labute approximate surface area is 141 Å². The monoisotopic (exact) mass is 328 g/mol. The highest BCUT2D eigenvalue weighted by atomic mass is 16.2. The van der Waals surface area contributed by atoms with Gasteiger partial charge >= 0.3 is 0 Å². The lowest BCUT2D eigenvalue weighted by Gasteiger charge is -2.29. The summed E-state index contributed by atoms with van der Waals surface area (Å²) in [5.41, 5.74) is 1.05. The second-order valence-electron chi connectivity index (χ2n) is 6.47. The Balaban J connectivity index is 1.93. The number of likely N-dealkylation sites (tertiary alicyclic amines) is 1. The maximum Gasteiger partial charge on any atom is 0.287 e. The quantitative estimate of drug-likeness (QED) is 0.937. The third kappa shape index (κ3) is 3.13. The first-order valence-electron chi connectivity index (χ1n) is 8.66. The summed E-state index contributed by atoms with van der Waals surface area (Å²) in [6.07, 6.45) is 4.66. The van der Waals surface area contributed by atoms with Crippen molar-refractivity contribution in [1.29, 1.82) is 0 Å². The molecule has 1 fully saturated rings. The van der Waals surface area contributed by atoms with E-state index in [1.807, 2.05) is 30.0 Å². The second-order valence-corrected chi connectivity index (χ2v) is 6.47. The Morgan fingerprint density at radius 2 is 2.04 bits per heavy atom. The fourth-order valence-electron chi connectivity index (χ4n) is 3.03. The summed E-state index contributed by atoms with van der Waals surface area (Å²) < 4.78 is 1.70. The number of hydrogen-bond donors (Lipinski definition) is 1. The van der Waals surface area contributed by atoms with Crippen molar-refractivity contribution in [2.24, 2.45) is 5.92 Å². The topological polar surface area (TPSA) is 66.7 Å². The first kappa shape index (κ1) is 16.5. The number of hydrogen-bond acceptors (Lipinski definition) is 3. The third-order valence-electron chi connectivity index (χ3n) is 4.56. The maximum atomic E-state index is 12.9. The predicted octanol–water partition coefficient (Wildman–Crippen LogP) is 2.35. The molecule has 3 heterocycles. The SMILES string of the molecule is CCCNC(=O)c1nc(C(=O)N2CCC(C)CC2)c2ccccn12. The first-order chi connectivity index (χ1) is 11.6. The van der Waals surface area contributed by atoms with Crippen LogP contribution in [0.2, 0.25) is 0 Å². The van der Waals surface area contributed by atoms with Crippen LogP contribution in [0.1, 0.15) is 54.2 Å². The van der Waals surface area contributed by atoms with E-state index >= 15 is 0 Å². The molecule has 0 aliphatic carbocycles. The van der Waals surface area contributed by atoms with Gasteiger partial charge in [-0.25, -0.2) is 4.98 Å². The van der Waals surface area contributed by atoms with E-state index in [0.717, 1.165) is 32.4 Å². The fraction of sp³-hybridized carbons (Fsp3) is 0.500. The Morgan fingerprint density at radius 1 is 1.29 bits per heavy atom. The van der Waals surface area contributed by atoms with E-state index < -0.39 is 0 Å². The zero-order valence-corrected chi connectivity index (χ0v) is 14.3. The largest absolute Gasteiger partial charge is 0.349 e. The van der Waals surface area contributed by atoms with Crippen molar-refractivity contribution in [2.75, 3.05) is 19.6 Å². The highest BCUT2D eigenvalue weighted by Crippen LogP contribution is 2.20. The van der Waals surface area contributed by atoms with E-state index in [1.165, 1.54) is 0 Å². The van der Waals surface area contributed by atoms with E-state index in [0.29, 0.717) is 23.7 Å². The third-order valence-corrected chi connectivity index (χ3v) is 4.56. The van der Waals surface area contributed by atoms with Crippen LogP contribution in [-0.4, -0.2) is 45.7 Å². The highest BCUT2D eigenvalue weighted by molar-refractivity contribution is 6.02. The number of carbonyl (C=O) groups is 2. The van der Waals surface area contributed by atoms with Gasteiger partial charge in [0.05, 0.1) is 5.52 Å². The summed E-state index contributed by atoms with van der Waals surface area (Å²) in [5, 5.41) is 2.83. The minimum Gasteiger partial charge on any atom is -0.349 e. The van der Waals surface area contributed by atoms with E-state index in [9.17, 15) is 9.59 Å². The van der Waals surface area contributed by atoms with Gasteiger partial charge in [0, 0.05) is 25.8 Å². The molecule has 24 heavy (non-hydrogen) atoms. The molecule has 0 atom stereocenters. The van der Waals surface area contributed by atoms with E-state index in [1.54, 1.807) is 10.6 Å². The second kappa shape index (κ2) is 7.03. The van der Waals surface area contributed by atoms with Crippen LogP contribution in [0.25, 0.3) is 5.52 Å². The van der Waals surface area contributed by atoms with Gasteiger partial charge in [-0.15, -0.1) is 0 Å². The molecule has 1 aliphatic heterocycles. The lowest BCUT2D eigenvalue weighted by atomic mass is 9.99. The predicted molar refractivity (Wildman–Crippen MR) is 92.1 cm³/mol. The van der Waals surface area contributed by atoms with Crippen molar-refractivity contribution >= 4 is 17.3 Å². The van der Waals surface area contributed by atoms with Crippen LogP contribution in [0.3, 0.4) is 0 Å². The molecule has 1 saturated heterocycles. The molecule has 6 heteroatoms. The van der Waals surface area contributed by atoms with Crippen molar-refractivity contribution < 1.29 is 9.59 Å². The number of fused-ring (bicyclic) bond motifs is 1. The molecule has 128 valence electrons. The van der Waals surface area contributed by atoms with E-state index in [2.05, 4.69) is 17.2 Å². The number of amides is 2. The summed E-state index contributed by atoms with van der Waals surface area (Å²) in [7, 11) is 0. The molecular weight excluding hydrogens is 304 g/mol. The zero-order chi connectivity index (χ0) is 17.1. The molecule has 1 N–H and O–H groups in total. The van der Waals surface area contributed by atoms with Crippen LogP contribution >= 0.6 is 0 Å². The number of imidazole rings is 1. The molecule has 2 amide bonds. The Bertz CT molecular complexity index is 745. The van der Waals surface area contributed by atoms with Crippen molar-refractivity contribution in [1.82, 2.24) is 19.6 Å². The molecular formula is C18H24N4O2. The van der Waals surface area contributed by atoms with Crippen LogP contribution < -0.4 is 5.32 Å². The highest BCUT2D eigenvalue weighted by Gasteiger charge is 2.27. The molecule has 0 spiro atoms. The van der Waals surface area contributed by atoms with Crippen molar-refractivity contribution in [3.05, 3.63) is 35.9 Å². The fourth-order valence-corrected chi connectivity index (χ4v) is 3.03. The van der Waals surface area contributed by atoms with Crippen molar-refractivity contribution in [2.45, 2.75) is 33.1 Å². The van der Waals surface area contributed by atoms with Crippen LogP contribution in [0, 0.1) is 5.92 Å². The number of rotatable bonds is 4. The van der Waals surface area contributed by atoms with Gasteiger partial charge in [0.2, 0.25) is 5.82 Å². The number of aromatic nitrogens is 2. The van der Waals surface area contributed by atoms with Gasteiger partial charge < -0.3 is 10.2 Å². The number of carbonyl (C=O) groups excluding carboxylic acids is 2. The first-order valence-corrected chi connectivity index (χ1v) is 8.66. The lowest BCUT2D eigenvalue weighted by molar-refractivity contribution is 0.0694. The van der Waals surface area contributed by atoms with Gasteiger partial charge in [-0.3, -0.25) is 14.0 Å². The van der Waals surface area contributed by atoms with Gasteiger partial charge in [-0.05, 0) is 37.3 Å². The summed E-state index contributed by atoms with van der Waals surface area (Å²) in [5.74, 6) is 0.598. The molecule has 0 aromatic carbocycles. The molecule has 0 saturated carbocycles. The Kier molecular flexibility index (Phi) is 4.83. The smallest absolute Gasteiger partial charge is 0.287 e. The van der Waals surface area contributed by atoms with Crippen LogP contribution in [0.5, 0.6) is 0 Å². The standard InChI is InChI=1S/C18H24N4O2/c1-3-9-19-17(23)16-20-15(14-6-4-5-10-22(14)16)18(24)21-11-7-13(2)8-12-21/h4-6,10,13H,3,7-9,11-12H2,1-2H3,(H,19,23). The molecule has 2 aromatic heterocycles. The summed E-state index contributed by atoms with van der Waals surface area (Å²) >= 11 is 0. The van der Waals surface area contributed by atoms with Gasteiger partial charge in [-0.2, -0.15) is 0 Å². The lowest BCUT2D eigenvalue weighted by Crippen LogP contribution is -2.38. The van der Waals surface area contributed by atoms with Crippen LogP contribution in [0.4, 0.5) is 0 Å². The molecule has 0 radical (unpaired) electrons. The van der Waals surface area contributed by atoms with Crippen LogP contribution in [0.15, 0.2) is 24.4 Å². The normalized spacial score (nSPS) is 15.7. The van der Waals surface area contributed by atoms with Gasteiger partial charge in [0.25, 0.3) is 11.8 Å². The number of pyridine rings is 1. The Hall–Kier alpha value is -2.37. The van der Waals surface area contributed by atoms with Crippen molar-refractivity contribution in [3.8, 4) is 0 Å². The Morgan fingerprint density at radius 3 is 2.75 bits per heavy atom. The average Bonchev–Trinajstić information content (AvgIpc) is 2.99. The van der Waals surface area contributed by atoms with E-state index in [-0.39, 0.29) is 17.6 Å². The molecule has 0 bridgehead atoms. The average molecular weight is 328 g/mol. The van der Waals surface area contributed by atoms with Gasteiger partial charge in [-0.1, -0.05) is 19.9 Å². The number of piperidine rings is 1. The molecule has 0 unspecified atom stereocenters. The summed E-state index contributed by atoms with van der Waals surface area (Å²) in [6.45, 7) is 6.31. The molecule has 6 nitrogen and oxygen atoms in total. The molecule has 3 rings (SSSR count).